The van der Waals surface area contributed by atoms with Gasteiger partial charge in [-0.15, -0.1) is 0 Å². The Bertz CT molecular complexity index is 605. The molecule has 0 aliphatic heterocycles. The third-order valence-corrected chi connectivity index (χ3v) is 2.57. The summed E-state index contributed by atoms with van der Waals surface area (Å²) in [6.45, 7) is 4.50. The molecule has 1 aromatic heterocycles. The molecule has 20 heavy (non-hydrogen) atoms. The summed E-state index contributed by atoms with van der Waals surface area (Å²) in [7, 11) is 0. The Morgan fingerprint density at radius 2 is 2.05 bits per heavy atom. The smallest absolute Gasteiger partial charge is 0.224 e. The van der Waals surface area contributed by atoms with Gasteiger partial charge in [-0.1, -0.05) is 6.07 Å². The predicted molar refractivity (Wildman–Crippen MR) is 73.0 cm³/mol. The zero-order valence-corrected chi connectivity index (χ0v) is 11.4. The van der Waals surface area contributed by atoms with Crippen LogP contribution in [0.3, 0.4) is 0 Å². The van der Waals surface area contributed by atoms with Gasteiger partial charge in [0.25, 0.3) is 0 Å². The van der Waals surface area contributed by atoms with E-state index in [1.807, 2.05) is 13.8 Å². The fourth-order valence-electron chi connectivity index (χ4n) is 1.60. The summed E-state index contributed by atoms with van der Waals surface area (Å²) in [5, 5.41) is 0. The molecule has 0 bridgehead atoms. The number of benzene rings is 1. The molecule has 2 N–H and O–H groups in total. The Kier molecular flexibility index (Phi) is 4.47. The third kappa shape index (κ3) is 3.64. The average Bonchev–Trinajstić information content (AvgIpc) is 2.40. The first kappa shape index (κ1) is 14.2. The average molecular weight is 277 g/mol. The molecule has 0 atom stereocenters. The molecule has 106 valence electrons. The third-order valence-electron chi connectivity index (χ3n) is 2.57. The van der Waals surface area contributed by atoms with Gasteiger partial charge in [-0.2, -0.15) is 4.98 Å². The quantitative estimate of drug-likeness (QED) is 0.910. The van der Waals surface area contributed by atoms with Gasteiger partial charge in [0.05, 0.1) is 0 Å². The highest BCUT2D eigenvalue weighted by atomic mass is 19.1. The molecule has 0 radical (unpaired) electrons. The molecule has 2 aromatic rings. The number of nitrogens with two attached hydrogens (primary N) is 1. The van der Waals surface area contributed by atoms with Crippen LogP contribution in [0.4, 0.5) is 10.2 Å². The van der Waals surface area contributed by atoms with Crippen LogP contribution in [0, 0.1) is 12.7 Å². The summed E-state index contributed by atoms with van der Waals surface area (Å²) in [5.74, 6) is 0.989. The van der Waals surface area contributed by atoms with Crippen molar-refractivity contribution < 1.29 is 13.9 Å². The second kappa shape index (κ2) is 6.29. The van der Waals surface area contributed by atoms with E-state index in [4.69, 9.17) is 15.2 Å². The van der Waals surface area contributed by atoms with Crippen LogP contribution >= 0.6 is 0 Å². The number of nitrogen functional groups attached to an aromatic ring is 1. The van der Waals surface area contributed by atoms with Crippen molar-refractivity contribution in [2.75, 3.05) is 12.3 Å². The normalized spacial score (nSPS) is 10.6. The number of rotatable bonds is 5. The van der Waals surface area contributed by atoms with E-state index in [-0.39, 0.29) is 24.1 Å². The monoisotopic (exact) mass is 277 g/mol. The van der Waals surface area contributed by atoms with Gasteiger partial charge in [0.2, 0.25) is 5.88 Å². The first-order valence-corrected chi connectivity index (χ1v) is 6.23. The molecule has 0 aliphatic carbocycles. The summed E-state index contributed by atoms with van der Waals surface area (Å²) in [5.41, 5.74) is 6.49. The Morgan fingerprint density at radius 3 is 2.80 bits per heavy atom. The van der Waals surface area contributed by atoms with Crippen molar-refractivity contribution in [1.82, 2.24) is 9.97 Å². The lowest BCUT2D eigenvalue weighted by Gasteiger charge is -2.09. The maximum Gasteiger partial charge on any atom is 0.224 e. The standard InChI is InChI=1S/C14H16FN3O2/c1-3-19-8-13-17-12(16)7-14(18-13)20-11-6-10(15)5-4-9(11)2/h4-7H,3,8H2,1-2H3,(H2,16,17,18). The molecule has 0 saturated carbocycles. The van der Waals surface area contributed by atoms with Crippen LogP contribution < -0.4 is 10.5 Å². The summed E-state index contributed by atoms with van der Waals surface area (Å²) in [4.78, 5) is 8.22. The molecule has 1 aromatic carbocycles. The highest BCUT2D eigenvalue weighted by molar-refractivity contribution is 5.39. The summed E-state index contributed by atoms with van der Waals surface area (Å²) in [6.07, 6.45) is 0. The topological polar surface area (TPSA) is 70.3 Å². The van der Waals surface area contributed by atoms with Gasteiger partial charge in [0, 0.05) is 18.7 Å². The number of anilines is 1. The van der Waals surface area contributed by atoms with Gasteiger partial charge in [-0.25, -0.2) is 9.37 Å². The van der Waals surface area contributed by atoms with E-state index in [0.717, 1.165) is 5.56 Å². The number of hydrogen-bond acceptors (Lipinski definition) is 5. The predicted octanol–water partition coefficient (Wildman–Crippen LogP) is 2.84. The second-order valence-corrected chi connectivity index (χ2v) is 4.20. The minimum atomic E-state index is -0.373. The first-order valence-electron chi connectivity index (χ1n) is 6.23. The second-order valence-electron chi connectivity index (χ2n) is 4.20. The number of halogens is 1. The molecule has 0 aliphatic rings. The molecule has 0 fully saturated rings. The van der Waals surface area contributed by atoms with Crippen LogP contribution in [0.15, 0.2) is 24.3 Å². The number of nitrogens with zero attached hydrogens (tertiary/aromatic N) is 2. The maximum atomic E-state index is 13.2. The van der Waals surface area contributed by atoms with E-state index in [0.29, 0.717) is 18.2 Å². The van der Waals surface area contributed by atoms with Gasteiger partial charge in [0.1, 0.15) is 24.0 Å². The van der Waals surface area contributed by atoms with Gasteiger partial charge in [-0.3, -0.25) is 0 Å². The van der Waals surface area contributed by atoms with Crippen molar-refractivity contribution in [2.45, 2.75) is 20.5 Å². The lowest BCUT2D eigenvalue weighted by atomic mass is 10.2. The molecule has 5 nitrogen and oxygen atoms in total. The van der Waals surface area contributed by atoms with Crippen molar-refractivity contribution in [3.63, 3.8) is 0 Å². The van der Waals surface area contributed by atoms with Crippen LogP contribution in [0.1, 0.15) is 18.3 Å². The lowest BCUT2D eigenvalue weighted by Crippen LogP contribution is -2.04. The molecule has 0 saturated heterocycles. The van der Waals surface area contributed by atoms with Crippen LogP contribution in [0.5, 0.6) is 11.6 Å². The fraction of sp³-hybridized carbons (Fsp3) is 0.286. The Labute approximate surface area is 116 Å². The van der Waals surface area contributed by atoms with Crippen molar-refractivity contribution >= 4 is 5.82 Å². The SMILES string of the molecule is CCOCc1nc(N)cc(Oc2cc(F)ccc2C)n1. The van der Waals surface area contributed by atoms with E-state index in [9.17, 15) is 4.39 Å². The van der Waals surface area contributed by atoms with E-state index in [1.54, 1.807) is 6.07 Å². The number of aromatic nitrogens is 2. The highest BCUT2D eigenvalue weighted by Gasteiger charge is 2.08. The van der Waals surface area contributed by atoms with Crippen molar-refractivity contribution in [1.29, 1.82) is 0 Å². The zero-order valence-electron chi connectivity index (χ0n) is 11.4. The number of ether oxygens (including phenoxy) is 2. The van der Waals surface area contributed by atoms with Crippen molar-refractivity contribution in [3.05, 3.63) is 41.5 Å². The molecule has 0 spiro atoms. The number of hydrogen-bond donors (Lipinski definition) is 1. The van der Waals surface area contributed by atoms with Gasteiger partial charge in [-0.05, 0) is 25.5 Å². The van der Waals surface area contributed by atoms with E-state index >= 15 is 0 Å². The van der Waals surface area contributed by atoms with Crippen LogP contribution in [0.25, 0.3) is 0 Å². The van der Waals surface area contributed by atoms with Crippen LogP contribution in [-0.2, 0) is 11.3 Å². The van der Waals surface area contributed by atoms with Crippen molar-refractivity contribution in [2.24, 2.45) is 0 Å². The Hall–Kier alpha value is -2.21. The highest BCUT2D eigenvalue weighted by Crippen LogP contribution is 2.25. The molecule has 0 unspecified atom stereocenters. The first-order chi connectivity index (χ1) is 9.58. The van der Waals surface area contributed by atoms with Gasteiger partial charge in [0.15, 0.2) is 5.82 Å². The lowest BCUT2D eigenvalue weighted by molar-refractivity contribution is 0.128. The Balaban J connectivity index is 2.24. The fourth-order valence-corrected chi connectivity index (χ4v) is 1.60. The molecule has 1 heterocycles. The van der Waals surface area contributed by atoms with E-state index < -0.39 is 0 Å². The van der Waals surface area contributed by atoms with Crippen LogP contribution in [0.2, 0.25) is 0 Å². The molecular formula is C14H16FN3O2. The minimum absolute atomic E-state index is 0.250. The zero-order chi connectivity index (χ0) is 14.5. The van der Waals surface area contributed by atoms with Gasteiger partial charge < -0.3 is 15.2 Å². The van der Waals surface area contributed by atoms with Gasteiger partial charge >= 0.3 is 0 Å². The number of aryl methyl sites for hydroxylation is 1. The largest absolute Gasteiger partial charge is 0.438 e. The molecular weight excluding hydrogens is 261 g/mol. The summed E-state index contributed by atoms with van der Waals surface area (Å²) in [6, 6.07) is 5.79. The minimum Gasteiger partial charge on any atom is -0.438 e. The van der Waals surface area contributed by atoms with E-state index in [2.05, 4.69) is 9.97 Å². The Morgan fingerprint density at radius 1 is 1.25 bits per heavy atom. The maximum absolute atomic E-state index is 13.2. The summed E-state index contributed by atoms with van der Waals surface area (Å²) < 4.78 is 24.0. The molecule has 0 amide bonds. The van der Waals surface area contributed by atoms with E-state index in [1.165, 1.54) is 18.2 Å². The van der Waals surface area contributed by atoms with Crippen LogP contribution in [-0.4, -0.2) is 16.6 Å². The van der Waals surface area contributed by atoms with Crippen molar-refractivity contribution in [3.8, 4) is 11.6 Å². The molecule has 2 rings (SSSR count). The summed E-state index contributed by atoms with van der Waals surface area (Å²) >= 11 is 0. The molecule has 6 heteroatoms.